The summed E-state index contributed by atoms with van der Waals surface area (Å²) < 4.78 is 23.2. The van der Waals surface area contributed by atoms with Crippen LogP contribution in [0.1, 0.15) is 67.7 Å². The molecule has 0 fully saturated rings. The summed E-state index contributed by atoms with van der Waals surface area (Å²) in [6.45, 7) is 17.4. The minimum atomic E-state index is -2.18. The lowest BCUT2D eigenvalue weighted by molar-refractivity contribution is 0.00441. The van der Waals surface area contributed by atoms with Crippen molar-refractivity contribution in [2.75, 3.05) is 26.4 Å². The molecule has 0 aliphatic rings. The van der Waals surface area contributed by atoms with Crippen LogP contribution in [0, 0.1) is 17.3 Å². The summed E-state index contributed by atoms with van der Waals surface area (Å²) in [5.41, 5.74) is -0.115. The van der Waals surface area contributed by atoms with Gasteiger partial charge in [-0.15, -0.1) is 0 Å². The Kier molecular flexibility index (Phi) is 10.8. The summed E-state index contributed by atoms with van der Waals surface area (Å²) in [5.74, 6) is 0.969. The van der Waals surface area contributed by atoms with Crippen molar-refractivity contribution in [3.8, 4) is 0 Å². The Labute approximate surface area is 144 Å². The van der Waals surface area contributed by atoms with Gasteiger partial charge in [0.25, 0.3) is 0 Å². The Morgan fingerprint density at radius 2 is 1.52 bits per heavy atom. The fraction of sp³-hybridized carbons (Fsp3) is 1.00. The number of ether oxygens (including phenoxy) is 2. The highest BCUT2D eigenvalue weighted by molar-refractivity contribution is 7.40. The van der Waals surface area contributed by atoms with Crippen molar-refractivity contribution in [2.24, 2.45) is 17.3 Å². The minimum Gasteiger partial charge on any atom is -0.381 e. The van der Waals surface area contributed by atoms with Crippen LogP contribution in [0.3, 0.4) is 0 Å². The second-order valence-corrected chi connectivity index (χ2v) is 9.76. The molecule has 0 aromatic rings. The molecule has 1 N–H and O–H groups in total. The SMILES string of the molecule is CCC(C)COCC(C)COCC(C)(C)CC(C)(CC)[P+](=O)O. The molecule has 0 amide bonds. The van der Waals surface area contributed by atoms with E-state index in [2.05, 4.69) is 34.6 Å². The van der Waals surface area contributed by atoms with Crippen LogP contribution in [-0.2, 0) is 14.0 Å². The van der Waals surface area contributed by atoms with E-state index in [0.717, 1.165) is 19.6 Å². The van der Waals surface area contributed by atoms with Crippen LogP contribution < -0.4 is 0 Å². The molecule has 0 heterocycles. The summed E-state index contributed by atoms with van der Waals surface area (Å²) in [4.78, 5) is 9.56. The number of hydrogen-bond acceptors (Lipinski definition) is 3. The third-order valence-corrected chi connectivity index (χ3v) is 5.88. The van der Waals surface area contributed by atoms with Gasteiger partial charge in [0, 0.05) is 18.9 Å². The first-order chi connectivity index (χ1) is 10.6. The van der Waals surface area contributed by atoms with E-state index >= 15 is 0 Å². The topological polar surface area (TPSA) is 55.8 Å². The van der Waals surface area contributed by atoms with Gasteiger partial charge in [-0.3, -0.25) is 0 Å². The van der Waals surface area contributed by atoms with E-state index in [4.69, 9.17) is 9.47 Å². The molecule has 0 radical (unpaired) electrons. The quantitative estimate of drug-likeness (QED) is 0.474. The summed E-state index contributed by atoms with van der Waals surface area (Å²) in [6.07, 6.45) is 2.52. The predicted molar refractivity (Wildman–Crippen MR) is 97.2 cm³/mol. The highest BCUT2D eigenvalue weighted by Crippen LogP contribution is 2.46. The van der Waals surface area contributed by atoms with Gasteiger partial charge in [0.15, 0.2) is 5.16 Å². The van der Waals surface area contributed by atoms with E-state index in [9.17, 15) is 9.46 Å². The van der Waals surface area contributed by atoms with Gasteiger partial charge in [0.2, 0.25) is 0 Å². The molecule has 0 bridgehead atoms. The average molecular weight is 349 g/mol. The van der Waals surface area contributed by atoms with E-state index in [0.29, 0.717) is 37.9 Å². The van der Waals surface area contributed by atoms with Gasteiger partial charge in [0.1, 0.15) is 0 Å². The highest BCUT2D eigenvalue weighted by Gasteiger charge is 2.46. The fourth-order valence-corrected chi connectivity index (χ4v) is 3.42. The van der Waals surface area contributed by atoms with Crippen molar-refractivity contribution in [1.29, 1.82) is 0 Å². The van der Waals surface area contributed by atoms with Gasteiger partial charge >= 0.3 is 8.03 Å². The Morgan fingerprint density at radius 3 is 2.00 bits per heavy atom. The van der Waals surface area contributed by atoms with Gasteiger partial charge in [-0.1, -0.05) is 48.0 Å². The lowest BCUT2D eigenvalue weighted by atomic mass is 9.82. The van der Waals surface area contributed by atoms with Crippen molar-refractivity contribution >= 4 is 8.03 Å². The molecule has 4 atom stereocenters. The Bertz CT molecular complexity index is 346. The summed E-state index contributed by atoms with van der Waals surface area (Å²) in [5, 5.41) is -0.535. The van der Waals surface area contributed by atoms with Crippen LogP contribution >= 0.6 is 8.03 Å². The second-order valence-electron chi connectivity index (χ2n) is 8.14. The molecule has 138 valence electrons. The fourth-order valence-electron chi connectivity index (χ4n) is 2.58. The van der Waals surface area contributed by atoms with E-state index in [1.165, 1.54) is 0 Å². The average Bonchev–Trinajstić information content (AvgIpc) is 2.45. The maximum atomic E-state index is 11.6. The van der Waals surface area contributed by atoms with E-state index in [-0.39, 0.29) is 5.41 Å². The minimum absolute atomic E-state index is 0.115. The largest absolute Gasteiger partial charge is 0.511 e. The van der Waals surface area contributed by atoms with Gasteiger partial charge in [0.05, 0.1) is 19.8 Å². The number of rotatable bonds is 13. The first-order valence-electron chi connectivity index (χ1n) is 8.88. The molecule has 4 unspecified atom stereocenters. The third-order valence-electron chi connectivity index (χ3n) is 4.48. The Balaban J connectivity index is 4.12. The molecule has 0 saturated heterocycles. The molecule has 0 aromatic heterocycles. The predicted octanol–water partition coefficient (Wildman–Crippen LogP) is 5.02. The molecule has 23 heavy (non-hydrogen) atoms. The normalized spacial score (nSPS) is 18.3. The van der Waals surface area contributed by atoms with E-state index < -0.39 is 13.2 Å². The molecule has 0 saturated carbocycles. The smallest absolute Gasteiger partial charge is 0.381 e. The van der Waals surface area contributed by atoms with Crippen LogP contribution in [-0.4, -0.2) is 36.5 Å². The maximum Gasteiger partial charge on any atom is 0.511 e. The maximum absolute atomic E-state index is 11.6. The highest BCUT2D eigenvalue weighted by atomic mass is 31.1. The Morgan fingerprint density at radius 1 is 1.00 bits per heavy atom. The zero-order valence-corrected chi connectivity index (χ0v) is 17.1. The zero-order chi connectivity index (χ0) is 18.1. The number of hydrogen-bond donors (Lipinski definition) is 1. The van der Waals surface area contributed by atoms with Gasteiger partial charge in [-0.2, -0.15) is 4.89 Å². The standard InChI is InChI=1S/C18H37O4P/c1-8-15(3)10-21-11-16(4)12-22-14-17(5,6)13-18(7,9-2)23(19)20/h15-16H,8-14H2,1-7H3/p+1. The Hall–Kier alpha value is -0.0200. The van der Waals surface area contributed by atoms with Gasteiger partial charge < -0.3 is 9.47 Å². The van der Waals surface area contributed by atoms with Crippen molar-refractivity contribution < 1.29 is 18.9 Å². The second kappa shape index (κ2) is 10.8. The van der Waals surface area contributed by atoms with Crippen molar-refractivity contribution in [3.05, 3.63) is 0 Å². The lowest BCUT2D eigenvalue weighted by Crippen LogP contribution is -2.32. The van der Waals surface area contributed by atoms with Crippen molar-refractivity contribution in [2.45, 2.75) is 72.9 Å². The van der Waals surface area contributed by atoms with Crippen LogP contribution in [0.4, 0.5) is 0 Å². The molecule has 5 heteroatoms. The first-order valence-corrected chi connectivity index (χ1v) is 10.1. The molecule has 0 aromatic carbocycles. The van der Waals surface area contributed by atoms with Crippen LogP contribution in [0.5, 0.6) is 0 Å². The van der Waals surface area contributed by atoms with E-state index in [1.807, 2.05) is 13.8 Å². The molecular formula is C18H38O4P+. The van der Waals surface area contributed by atoms with E-state index in [1.54, 1.807) is 0 Å². The van der Waals surface area contributed by atoms with Crippen molar-refractivity contribution in [3.63, 3.8) is 0 Å². The zero-order valence-electron chi connectivity index (χ0n) is 16.2. The lowest BCUT2D eigenvalue weighted by Gasteiger charge is -2.29. The molecule has 0 aliphatic heterocycles. The monoisotopic (exact) mass is 349 g/mol. The van der Waals surface area contributed by atoms with Crippen LogP contribution in [0.2, 0.25) is 0 Å². The van der Waals surface area contributed by atoms with Crippen LogP contribution in [0.25, 0.3) is 0 Å². The first kappa shape index (κ1) is 23.0. The third kappa shape index (κ3) is 9.76. The molecule has 0 spiro atoms. The molecule has 0 aliphatic carbocycles. The summed E-state index contributed by atoms with van der Waals surface area (Å²) >= 11 is 0. The molecule has 4 nitrogen and oxygen atoms in total. The van der Waals surface area contributed by atoms with Crippen molar-refractivity contribution in [1.82, 2.24) is 0 Å². The molecular weight excluding hydrogens is 311 g/mol. The van der Waals surface area contributed by atoms with Crippen LogP contribution in [0.15, 0.2) is 0 Å². The van der Waals surface area contributed by atoms with Gasteiger partial charge in [-0.05, 0) is 29.2 Å². The molecule has 0 rings (SSSR count). The summed E-state index contributed by atoms with van der Waals surface area (Å²) in [6, 6.07) is 0. The van der Waals surface area contributed by atoms with Gasteiger partial charge in [-0.25, -0.2) is 0 Å². The summed E-state index contributed by atoms with van der Waals surface area (Å²) in [7, 11) is -2.18.